The van der Waals surface area contributed by atoms with Gasteiger partial charge in [0.1, 0.15) is 12.2 Å². The molecule has 5 heteroatoms. The average molecular weight is 172 g/mol. The number of hydrogen-bond donors (Lipinski definition) is 1. The number of carbonyl (C=O) groups is 2. The van der Waals surface area contributed by atoms with E-state index in [1.807, 2.05) is 0 Å². The van der Waals surface area contributed by atoms with Crippen LogP contribution < -0.4 is 5.32 Å². The maximum atomic E-state index is 12.8. The Morgan fingerprint density at radius 2 is 2.25 bits per heavy atom. The normalized spacial score (nSPS) is 34.9. The van der Waals surface area contributed by atoms with Crippen LogP contribution in [0.1, 0.15) is 6.42 Å². The number of rotatable bonds is 0. The molecule has 2 saturated heterocycles. The summed E-state index contributed by atoms with van der Waals surface area (Å²) >= 11 is 0. The van der Waals surface area contributed by atoms with Crippen LogP contribution in [0.2, 0.25) is 0 Å². The van der Waals surface area contributed by atoms with Crippen molar-refractivity contribution < 1.29 is 14.0 Å². The molecule has 2 atom stereocenters. The maximum absolute atomic E-state index is 12.8. The van der Waals surface area contributed by atoms with Gasteiger partial charge in [-0.1, -0.05) is 0 Å². The minimum atomic E-state index is -1.04. The van der Waals surface area contributed by atoms with Crippen LogP contribution in [0.25, 0.3) is 0 Å². The van der Waals surface area contributed by atoms with Crippen LogP contribution in [0.3, 0.4) is 0 Å². The van der Waals surface area contributed by atoms with E-state index < -0.39 is 12.2 Å². The molecule has 2 heterocycles. The van der Waals surface area contributed by atoms with Gasteiger partial charge in [0.05, 0.1) is 13.1 Å². The summed E-state index contributed by atoms with van der Waals surface area (Å²) in [6.07, 6.45) is -0.889. The second kappa shape index (κ2) is 2.43. The zero-order valence-electron chi connectivity index (χ0n) is 6.42. The van der Waals surface area contributed by atoms with E-state index in [4.69, 9.17) is 0 Å². The molecule has 1 N–H and O–H groups in total. The average Bonchev–Trinajstić information content (AvgIpc) is 2.41. The number of alkyl halides is 1. The van der Waals surface area contributed by atoms with Crippen molar-refractivity contribution >= 4 is 11.8 Å². The zero-order valence-corrected chi connectivity index (χ0v) is 6.42. The standard InChI is InChI=1S/C7H9FN2O2/c8-4-1-5-7(12)9-2-6(11)10(5)3-4/h4-5H,1-3H2,(H,9,12)/t4-,5-/m0/s1. The molecule has 2 aliphatic rings. The first-order valence-electron chi connectivity index (χ1n) is 3.90. The molecule has 12 heavy (non-hydrogen) atoms. The number of nitrogens with one attached hydrogen (secondary N) is 1. The Morgan fingerprint density at radius 3 is 2.92 bits per heavy atom. The van der Waals surface area contributed by atoms with Gasteiger partial charge < -0.3 is 10.2 Å². The van der Waals surface area contributed by atoms with Crippen LogP contribution in [0.5, 0.6) is 0 Å². The molecule has 0 radical (unpaired) electrons. The number of halogens is 1. The molecule has 2 rings (SSSR count). The molecule has 4 nitrogen and oxygen atoms in total. The smallest absolute Gasteiger partial charge is 0.243 e. The van der Waals surface area contributed by atoms with Crippen LogP contribution >= 0.6 is 0 Å². The Balaban J connectivity index is 2.20. The van der Waals surface area contributed by atoms with E-state index in [1.54, 1.807) is 0 Å². The molecular weight excluding hydrogens is 163 g/mol. The Bertz CT molecular complexity index is 220. The fourth-order valence-corrected chi connectivity index (χ4v) is 1.69. The van der Waals surface area contributed by atoms with Gasteiger partial charge in [-0.15, -0.1) is 0 Å². The van der Waals surface area contributed by atoms with Crippen molar-refractivity contribution in [3.8, 4) is 0 Å². The minimum absolute atomic E-state index is 0.0159. The molecule has 0 saturated carbocycles. The summed E-state index contributed by atoms with van der Waals surface area (Å²) in [7, 11) is 0. The minimum Gasteiger partial charge on any atom is -0.345 e. The van der Waals surface area contributed by atoms with Crippen molar-refractivity contribution in [3.63, 3.8) is 0 Å². The summed E-state index contributed by atoms with van der Waals surface area (Å²) in [4.78, 5) is 23.5. The molecule has 66 valence electrons. The molecule has 0 aromatic heterocycles. The second-order valence-electron chi connectivity index (χ2n) is 3.11. The summed E-state index contributed by atoms with van der Waals surface area (Å²) in [5.41, 5.74) is 0. The second-order valence-corrected chi connectivity index (χ2v) is 3.11. The molecular formula is C7H9FN2O2. The third-order valence-corrected chi connectivity index (χ3v) is 2.29. The van der Waals surface area contributed by atoms with E-state index in [9.17, 15) is 14.0 Å². The lowest BCUT2D eigenvalue weighted by atomic mass is 10.1. The van der Waals surface area contributed by atoms with Gasteiger partial charge in [0.25, 0.3) is 0 Å². The monoisotopic (exact) mass is 172 g/mol. The lowest BCUT2D eigenvalue weighted by molar-refractivity contribution is -0.143. The molecule has 0 spiro atoms. The van der Waals surface area contributed by atoms with Crippen molar-refractivity contribution in [2.75, 3.05) is 13.1 Å². The molecule has 2 fully saturated rings. The van der Waals surface area contributed by atoms with Crippen LogP contribution in [0.4, 0.5) is 4.39 Å². The molecule has 2 aliphatic heterocycles. The van der Waals surface area contributed by atoms with Gasteiger partial charge in [0.2, 0.25) is 11.8 Å². The quantitative estimate of drug-likeness (QED) is 0.512. The predicted octanol–water partition coefficient (Wildman–Crippen LogP) is -0.945. The van der Waals surface area contributed by atoms with Crippen LogP contribution in [-0.4, -0.2) is 42.0 Å². The number of carbonyl (C=O) groups excluding carboxylic acids is 2. The lowest BCUT2D eigenvalue weighted by Crippen LogP contribution is -2.55. The molecule has 0 unspecified atom stereocenters. The van der Waals surface area contributed by atoms with E-state index in [2.05, 4.69) is 5.32 Å². The lowest BCUT2D eigenvalue weighted by Gasteiger charge is -2.28. The highest BCUT2D eigenvalue weighted by molar-refractivity contribution is 5.95. The highest BCUT2D eigenvalue weighted by Gasteiger charge is 2.42. The van der Waals surface area contributed by atoms with Gasteiger partial charge in [0, 0.05) is 6.42 Å². The topological polar surface area (TPSA) is 49.4 Å². The number of amides is 2. The molecule has 0 aromatic rings. The highest BCUT2D eigenvalue weighted by Crippen LogP contribution is 2.22. The van der Waals surface area contributed by atoms with Crippen molar-refractivity contribution in [1.82, 2.24) is 10.2 Å². The van der Waals surface area contributed by atoms with E-state index in [-0.39, 0.29) is 31.3 Å². The SMILES string of the molecule is O=C1NCC(=O)N2C[C@@H](F)C[C@@H]12. The van der Waals surface area contributed by atoms with Gasteiger partial charge in [-0.05, 0) is 0 Å². The summed E-state index contributed by atoms with van der Waals surface area (Å²) in [5.74, 6) is -0.408. The molecule has 0 bridgehead atoms. The first kappa shape index (κ1) is 7.52. The van der Waals surface area contributed by atoms with Crippen molar-refractivity contribution in [3.05, 3.63) is 0 Å². The Morgan fingerprint density at radius 1 is 1.50 bits per heavy atom. The maximum Gasteiger partial charge on any atom is 0.243 e. The van der Waals surface area contributed by atoms with E-state index in [0.29, 0.717) is 0 Å². The van der Waals surface area contributed by atoms with Crippen molar-refractivity contribution in [2.24, 2.45) is 0 Å². The zero-order chi connectivity index (χ0) is 8.72. The number of nitrogens with zero attached hydrogens (tertiary/aromatic N) is 1. The van der Waals surface area contributed by atoms with Gasteiger partial charge in [0.15, 0.2) is 0 Å². The third-order valence-electron chi connectivity index (χ3n) is 2.29. The first-order chi connectivity index (χ1) is 5.68. The van der Waals surface area contributed by atoms with Gasteiger partial charge in [-0.2, -0.15) is 0 Å². The fourth-order valence-electron chi connectivity index (χ4n) is 1.69. The summed E-state index contributed by atoms with van der Waals surface area (Å²) in [6, 6.07) is -0.554. The summed E-state index contributed by atoms with van der Waals surface area (Å²) < 4.78 is 12.8. The first-order valence-corrected chi connectivity index (χ1v) is 3.90. The Kier molecular flexibility index (Phi) is 1.52. The highest BCUT2D eigenvalue weighted by atomic mass is 19.1. The number of hydrogen-bond acceptors (Lipinski definition) is 2. The van der Waals surface area contributed by atoms with Crippen molar-refractivity contribution in [2.45, 2.75) is 18.6 Å². The van der Waals surface area contributed by atoms with Gasteiger partial charge >= 0.3 is 0 Å². The van der Waals surface area contributed by atoms with E-state index >= 15 is 0 Å². The summed E-state index contributed by atoms with van der Waals surface area (Å²) in [5, 5.41) is 2.43. The Hall–Kier alpha value is -1.13. The molecule has 0 aromatic carbocycles. The Labute approximate surface area is 68.7 Å². The summed E-state index contributed by atoms with van der Waals surface area (Å²) in [6.45, 7) is 0.0962. The number of piperazine rings is 1. The van der Waals surface area contributed by atoms with Crippen molar-refractivity contribution in [1.29, 1.82) is 0 Å². The largest absolute Gasteiger partial charge is 0.345 e. The van der Waals surface area contributed by atoms with E-state index in [1.165, 1.54) is 4.90 Å². The van der Waals surface area contributed by atoms with E-state index in [0.717, 1.165) is 0 Å². The molecule has 0 aliphatic carbocycles. The predicted molar refractivity (Wildman–Crippen MR) is 38.0 cm³/mol. The fraction of sp³-hybridized carbons (Fsp3) is 0.714. The van der Waals surface area contributed by atoms with Crippen LogP contribution in [0.15, 0.2) is 0 Å². The van der Waals surface area contributed by atoms with Crippen LogP contribution in [-0.2, 0) is 9.59 Å². The third kappa shape index (κ3) is 0.964. The van der Waals surface area contributed by atoms with Gasteiger partial charge in [-0.25, -0.2) is 4.39 Å². The molecule has 2 amide bonds. The van der Waals surface area contributed by atoms with Gasteiger partial charge in [-0.3, -0.25) is 9.59 Å². The number of fused-ring (bicyclic) bond motifs is 1. The van der Waals surface area contributed by atoms with Crippen LogP contribution in [0, 0.1) is 0 Å².